The number of rotatable bonds is 7. The van der Waals surface area contributed by atoms with Crippen LogP contribution in [0.15, 0.2) is 24.3 Å². The minimum absolute atomic E-state index is 0.334. The number of benzene rings is 1. The first kappa shape index (κ1) is 14.0. The fourth-order valence-electron chi connectivity index (χ4n) is 1.92. The smallest absolute Gasteiger partial charge is 0.115 e. The quantitative estimate of drug-likeness (QED) is 0.755. The Morgan fingerprint density at radius 2 is 1.76 bits per heavy atom. The summed E-state index contributed by atoms with van der Waals surface area (Å²) >= 11 is 0. The largest absolute Gasteiger partial charge is 0.508 e. The Labute approximate surface area is 105 Å². The minimum atomic E-state index is 0.334. The lowest BCUT2D eigenvalue weighted by atomic mass is 9.97. The topological polar surface area (TPSA) is 32.3 Å². The summed E-state index contributed by atoms with van der Waals surface area (Å²) in [6.45, 7) is 7.67. The molecule has 17 heavy (non-hydrogen) atoms. The molecular weight excluding hydrogens is 210 g/mol. The van der Waals surface area contributed by atoms with E-state index in [2.05, 4.69) is 26.1 Å². The van der Waals surface area contributed by atoms with Crippen LogP contribution >= 0.6 is 0 Å². The standard InChI is InChI=1S/C15H25NO/c1-4-12(3)10-14(5-2)16-11-13-6-8-15(17)9-7-13/h6-9,12,14,16-17H,4-5,10-11H2,1-3H3. The van der Waals surface area contributed by atoms with Crippen LogP contribution in [-0.2, 0) is 6.54 Å². The third-order valence-electron chi connectivity index (χ3n) is 3.41. The lowest BCUT2D eigenvalue weighted by Gasteiger charge is -2.20. The molecule has 0 radical (unpaired) electrons. The van der Waals surface area contributed by atoms with Gasteiger partial charge in [-0.15, -0.1) is 0 Å². The van der Waals surface area contributed by atoms with E-state index in [0.717, 1.165) is 12.5 Å². The molecule has 0 heterocycles. The SMILES string of the molecule is CCC(C)CC(CC)NCc1ccc(O)cc1. The van der Waals surface area contributed by atoms with Crippen LogP contribution in [0.3, 0.4) is 0 Å². The Kier molecular flexibility index (Phi) is 6.06. The second kappa shape index (κ2) is 7.33. The molecule has 0 spiro atoms. The average molecular weight is 235 g/mol. The van der Waals surface area contributed by atoms with E-state index < -0.39 is 0 Å². The zero-order valence-corrected chi connectivity index (χ0v) is 11.2. The van der Waals surface area contributed by atoms with Gasteiger partial charge >= 0.3 is 0 Å². The van der Waals surface area contributed by atoms with E-state index in [-0.39, 0.29) is 0 Å². The molecule has 0 aromatic heterocycles. The highest BCUT2D eigenvalue weighted by molar-refractivity contribution is 5.25. The molecule has 2 unspecified atom stereocenters. The number of aromatic hydroxyl groups is 1. The molecule has 1 aromatic carbocycles. The number of phenolic OH excluding ortho intramolecular Hbond substituents is 1. The van der Waals surface area contributed by atoms with Crippen LogP contribution in [0.5, 0.6) is 5.75 Å². The highest BCUT2D eigenvalue weighted by Gasteiger charge is 2.09. The maximum absolute atomic E-state index is 9.21. The number of phenols is 1. The molecule has 0 bridgehead atoms. The van der Waals surface area contributed by atoms with Crippen LogP contribution in [-0.4, -0.2) is 11.1 Å². The first-order valence-electron chi connectivity index (χ1n) is 6.67. The first-order chi connectivity index (χ1) is 8.15. The third kappa shape index (κ3) is 5.22. The van der Waals surface area contributed by atoms with E-state index in [1.54, 1.807) is 12.1 Å². The fraction of sp³-hybridized carbons (Fsp3) is 0.600. The van der Waals surface area contributed by atoms with Gasteiger partial charge in [0.05, 0.1) is 0 Å². The third-order valence-corrected chi connectivity index (χ3v) is 3.41. The van der Waals surface area contributed by atoms with Gasteiger partial charge in [0.2, 0.25) is 0 Å². The number of nitrogens with one attached hydrogen (secondary N) is 1. The highest BCUT2D eigenvalue weighted by Crippen LogP contribution is 2.13. The fourth-order valence-corrected chi connectivity index (χ4v) is 1.92. The van der Waals surface area contributed by atoms with Gasteiger partial charge in [0.25, 0.3) is 0 Å². The molecule has 0 aliphatic rings. The molecule has 2 nitrogen and oxygen atoms in total. The lowest BCUT2D eigenvalue weighted by molar-refractivity contribution is 0.384. The molecule has 2 atom stereocenters. The van der Waals surface area contributed by atoms with E-state index in [1.807, 2.05) is 12.1 Å². The van der Waals surface area contributed by atoms with Crippen LogP contribution in [0.1, 0.15) is 45.6 Å². The van der Waals surface area contributed by atoms with Gasteiger partial charge in [0, 0.05) is 12.6 Å². The summed E-state index contributed by atoms with van der Waals surface area (Å²) in [5.41, 5.74) is 1.23. The maximum atomic E-state index is 9.21. The van der Waals surface area contributed by atoms with E-state index in [1.165, 1.54) is 24.8 Å². The molecule has 1 rings (SSSR count). The van der Waals surface area contributed by atoms with Crippen molar-refractivity contribution in [1.82, 2.24) is 5.32 Å². The van der Waals surface area contributed by atoms with Crippen molar-refractivity contribution >= 4 is 0 Å². The summed E-state index contributed by atoms with van der Waals surface area (Å²) in [7, 11) is 0. The zero-order chi connectivity index (χ0) is 12.7. The van der Waals surface area contributed by atoms with Gasteiger partial charge in [0.1, 0.15) is 5.75 Å². The minimum Gasteiger partial charge on any atom is -0.508 e. The van der Waals surface area contributed by atoms with Crippen molar-refractivity contribution in [2.75, 3.05) is 0 Å². The van der Waals surface area contributed by atoms with Gasteiger partial charge < -0.3 is 10.4 Å². The number of hydrogen-bond acceptors (Lipinski definition) is 2. The molecule has 0 aliphatic heterocycles. The van der Waals surface area contributed by atoms with Crippen LogP contribution in [0.25, 0.3) is 0 Å². The summed E-state index contributed by atoms with van der Waals surface area (Å²) < 4.78 is 0. The summed E-state index contributed by atoms with van der Waals surface area (Å²) in [5, 5.41) is 12.8. The van der Waals surface area contributed by atoms with Crippen LogP contribution in [0.2, 0.25) is 0 Å². The highest BCUT2D eigenvalue weighted by atomic mass is 16.3. The van der Waals surface area contributed by atoms with Gasteiger partial charge in [0.15, 0.2) is 0 Å². The normalized spacial score (nSPS) is 14.5. The Morgan fingerprint density at radius 1 is 1.12 bits per heavy atom. The molecule has 1 aromatic rings. The van der Waals surface area contributed by atoms with Crippen molar-refractivity contribution in [3.05, 3.63) is 29.8 Å². The molecule has 0 aliphatic carbocycles. The van der Waals surface area contributed by atoms with Gasteiger partial charge in [-0.1, -0.05) is 39.3 Å². The van der Waals surface area contributed by atoms with Gasteiger partial charge in [-0.3, -0.25) is 0 Å². The second-order valence-corrected chi connectivity index (χ2v) is 4.90. The van der Waals surface area contributed by atoms with Crippen molar-refractivity contribution in [3.63, 3.8) is 0 Å². The summed E-state index contributed by atoms with van der Waals surface area (Å²) in [5.74, 6) is 1.12. The predicted molar refractivity (Wildman–Crippen MR) is 73.1 cm³/mol. The monoisotopic (exact) mass is 235 g/mol. The molecular formula is C15H25NO. The van der Waals surface area contributed by atoms with Crippen molar-refractivity contribution in [3.8, 4) is 5.75 Å². The van der Waals surface area contributed by atoms with Crippen molar-refractivity contribution in [1.29, 1.82) is 0 Å². The maximum Gasteiger partial charge on any atom is 0.115 e. The van der Waals surface area contributed by atoms with E-state index >= 15 is 0 Å². The lowest BCUT2D eigenvalue weighted by Crippen LogP contribution is -2.29. The Morgan fingerprint density at radius 3 is 2.29 bits per heavy atom. The Bertz CT molecular complexity index is 307. The molecule has 0 amide bonds. The van der Waals surface area contributed by atoms with Crippen molar-refractivity contribution < 1.29 is 5.11 Å². The molecule has 0 saturated heterocycles. The summed E-state index contributed by atoms with van der Waals surface area (Å²) in [6, 6.07) is 8.02. The number of hydrogen-bond donors (Lipinski definition) is 2. The van der Waals surface area contributed by atoms with Crippen LogP contribution in [0, 0.1) is 5.92 Å². The molecule has 2 N–H and O–H groups in total. The zero-order valence-electron chi connectivity index (χ0n) is 11.2. The average Bonchev–Trinajstić information content (AvgIpc) is 2.36. The van der Waals surface area contributed by atoms with E-state index in [0.29, 0.717) is 11.8 Å². The Balaban J connectivity index is 2.39. The Hall–Kier alpha value is -1.02. The molecule has 96 valence electrons. The van der Waals surface area contributed by atoms with Gasteiger partial charge in [-0.2, -0.15) is 0 Å². The van der Waals surface area contributed by atoms with Crippen LogP contribution < -0.4 is 5.32 Å². The first-order valence-corrected chi connectivity index (χ1v) is 6.67. The van der Waals surface area contributed by atoms with E-state index in [9.17, 15) is 5.11 Å². The summed E-state index contributed by atoms with van der Waals surface area (Å²) in [4.78, 5) is 0. The summed E-state index contributed by atoms with van der Waals surface area (Å²) in [6.07, 6.45) is 3.66. The molecule has 0 fully saturated rings. The van der Waals surface area contributed by atoms with Gasteiger partial charge in [-0.05, 0) is 36.5 Å². The predicted octanol–water partition coefficient (Wildman–Crippen LogP) is 3.70. The van der Waals surface area contributed by atoms with E-state index in [4.69, 9.17) is 0 Å². The van der Waals surface area contributed by atoms with Crippen LogP contribution in [0.4, 0.5) is 0 Å². The molecule has 2 heteroatoms. The molecule has 0 saturated carbocycles. The van der Waals surface area contributed by atoms with Crippen molar-refractivity contribution in [2.24, 2.45) is 5.92 Å². The van der Waals surface area contributed by atoms with Gasteiger partial charge in [-0.25, -0.2) is 0 Å². The van der Waals surface area contributed by atoms with Crippen molar-refractivity contribution in [2.45, 2.75) is 52.6 Å². The second-order valence-electron chi connectivity index (χ2n) is 4.90.